The summed E-state index contributed by atoms with van der Waals surface area (Å²) in [5, 5.41) is 8.84. The molecule has 146 valence electrons. The third kappa shape index (κ3) is 4.04. The number of hydrogen-bond acceptors (Lipinski definition) is 4. The number of anilines is 1. The Morgan fingerprint density at radius 2 is 1.82 bits per heavy atom. The molecule has 0 fully saturated rings. The van der Waals surface area contributed by atoms with Crippen molar-refractivity contribution in [2.24, 2.45) is 0 Å². The first kappa shape index (κ1) is 19.6. The molecule has 1 aliphatic heterocycles. The van der Waals surface area contributed by atoms with Crippen molar-refractivity contribution in [2.45, 2.75) is 13.0 Å². The highest BCUT2D eigenvalue weighted by Gasteiger charge is 2.33. The Morgan fingerprint density at radius 3 is 2.46 bits per heavy atom. The number of carbonyl (C=O) groups excluding carboxylic acids is 2. The predicted octanol–water partition coefficient (Wildman–Crippen LogP) is 3.62. The molecular formula is C20H20ClN3O4. The van der Waals surface area contributed by atoms with Crippen molar-refractivity contribution >= 4 is 29.2 Å². The minimum atomic E-state index is -0.693. The molecule has 3 rings (SSSR count). The summed E-state index contributed by atoms with van der Waals surface area (Å²) >= 11 is 5.89. The number of hydrogen-bond donors (Lipinski definition) is 3. The Labute approximate surface area is 167 Å². The van der Waals surface area contributed by atoms with E-state index in [2.05, 4.69) is 16.0 Å². The lowest BCUT2D eigenvalue weighted by molar-refractivity contribution is -0.113. The van der Waals surface area contributed by atoms with E-state index in [1.165, 1.54) is 7.11 Å². The first-order chi connectivity index (χ1) is 13.4. The van der Waals surface area contributed by atoms with Gasteiger partial charge in [-0.15, -0.1) is 0 Å². The lowest BCUT2D eigenvalue weighted by Crippen LogP contribution is -2.46. The van der Waals surface area contributed by atoms with Gasteiger partial charge >= 0.3 is 6.03 Å². The zero-order chi connectivity index (χ0) is 20.3. The van der Waals surface area contributed by atoms with Gasteiger partial charge in [0, 0.05) is 28.0 Å². The number of amides is 3. The molecule has 7 nitrogen and oxygen atoms in total. The minimum Gasteiger partial charge on any atom is -0.497 e. The van der Waals surface area contributed by atoms with Crippen LogP contribution >= 0.6 is 11.6 Å². The van der Waals surface area contributed by atoms with Crippen molar-refractivity contribution in [3.63, 3.8) is 0 Å². The summed E-state index contributed by atoms with van der Waals surface area (Å²) in [6.45, 7) is 1.68. The lowest BCUT2D eigenvalue weighted by atomic mass is 9.94. The molecule has 2 aromatic carbocycles. The third-order valence-electron chi connectivity index (χ3n) is 4.37. The van der Waals surface area contributed by atoms with Crippen LogP contribution in [0, 0.1) is 0 Å². The van der Waals surface area contributed by atoms with Gasteiger partial charge in [0.25, 0.3) is 5.91 Å². The SMILES string of the molecule is COc1ccc([C@H]2NC(=O)NC(C)=C2C(=O)Nc2ccc(Cl)cc2)c(OC)c1. The number of carbonyl (C=O) groups is 2. The number of benzene rings is 2. The van der Waals surface area contributed by atoms with E-state index in [0.29, 0.717) is 39.0 Å². The average Bonchev–Trinajstić information content (AvgIpc) is 2.68. The van der Waals surface area contributed by atoms with Gasteiger partial charge in [0.1, 0.15) is 11.5 Å². The summed E-state index contributed by atoms with van der Waals surface area (Å²) in [6.07, 6.45) is 0. The van der Waals surface area contributed by atoms with Crippen LogP contribution in [0.2, 0.25) is 5.02 Å². The molecule has 1 atom stereocenters. The molecule has 3 N–H and O–H groups in total. The second-order valence-corrected chi connectivity index (χ2v) is 6.58. The molecule has 0 bridgehead atoms. The molecule has 0 radical (unpaired) electrons. The molecule has 28 heavy (non-hydrogen) atoms. The number of urea groups is 1. The molecule has 0 aliphatic carbocycles. The Morgan fingerprint density at radius 1 is 1.11 bits per heavy atom. The summed E-state index contributed by atoms with van der Waals surface area (Å²) in [5.74, 6) is 0.750. The number of nitrogens with one attached hydrogen (secondary N) is 3. The first-order valence-electron chi connectivity index (χ1n) is 8.50. The van der Waals surface area contributed by atoms with Crippen LogP contribution in [0.1, 0.15) is 18.5 Å². The quantitative estimate of drug-likeness (QED) is 0.713. The van der Waals surface area contributed by atoms with Gasteiger partial charge in [0.15, 0.2) is 0 Å². The van der Waals surface area contributed by atoms with E-state index < -0.39 is 12.1 Å². The van der Waals surface area contributed by atoms with E-state index in [-0.39, 0.29) is 5.91 Å². The summed E-state index contributed by atoms with van der Waals surface area (Å²) in [7, 11) is 3.07. The van der Waals surface area contributed by atoms with Gasteiger partial charge in [0.05, 0.1) is 25.8 Å². The van der Waals surface area contributed by atoms with E-state index in [9.17, 15) is 9.59 Å². The molecule has 0 saturated carbocycles. The summed E-state index contributed by atoms with van der Waals surface area (Å²) in [5.41, 5.74) is 2.06. The molecule has 0 aromatic heterocycles. The summed E-state index contributed by atoms with van der Waals surface area (Å²) in [4.78, 5) is 25.1. The van der Waals surface area contributed by atoms with E-state index >= 15 is 0 Å². The maximum atomic E-state index is 13.0. The molecule has 1 aliphatic rings. The molecule has 0 spiro atoms. The van der Waals surface area contributed by atoms with Crippen LogP contribution in [0.25, 0.3) is 0 Å². The molecule has 0 unspecified atom stereocenters. The zero-order valence-electron chi connectivity index (χ0n) is 15.6. The zero-order valence-corrected chi connectivity index (χ0v) is 16.4. The smallest absolute Gasteiger partial charge is 0.319 e. The van der Waals surface area contributed by atoms with Crippen molar-refractivity contribution < 1.29 is 19.1 Å². The van der Waals surface area contributed by atoms with E-state index in [1.54, 1.807) is 56.5 Å². The van der Waals surface area contributed by atoms with Crippen LogP contribution in [-0.4, -0.2) is 26.2 Å². The summed E-state index contributed by atoms with van der Waals surface area (Å²) in [6, 6.07) is 10.9. The first-order valence-corrected chi connectivity index (χ1v) is 8.88. The number of methoxy groups -OCH3 is 2. The predicted molar refractivity (Wildman–Crippen MR) is 107 cm³/mol. The Bertz CT molecular complexity index is 941. The minimum absolute atomic E-state index is 0.352. The van der Waals surface area contributed by atoms with Crippen LogP contribution < -0.4 is 25.4 Å². The molecule has 3 amide bonds. The normalized spacial score (nSPS) is 16.1. The second-order valence-electron chi connectivity index (χ2n) is 6.14. The van der Waals surface area contributed by atoms with Gasteiger partial charge in [-0.1, -0.05) is 11.6 Å². The number of halogens is 1. The number of ether oxygens (including phenoxy) is 2. The highest BCUT2D eigenvalue weighted by Crippen LogP contribution is 2.35. The van der Waals surface area contributed by atoms with E-state index in [0.717, 1.165) is 0 Å². The van der Waals surface area contributed by atoms with Crippen molar-refractivity contribution in [1.82, 2.24) is 10.6 Å². The fourth-order valence-corrected chi connectivity index (χ4v) is 3.14. The Hall–Kier alpha value is -3.19. The van der Waals surface area contributed by atoms with Gasteiger partial charge in [-0.25, -0.2) is 4.79 Å². The van der Waals surface area contributed by atoms with Crippen molar-refractivity contribution in [1.29, 1.82) is 0 Å². The maximum Gasteiger partial charge on any atom is 0.319 e. The third-order valence-corrected chi connectivity index (χ3v) is 4.62. The topological polar surface area (TPSA) is 88.7 Å². The van der Waals surface area contributed by atoms with Crippen molar-refractivity contribution in [3.8, 4) is 11.5 Å². The number of allylic oxidation sites excluding steroid dienone is 1. The van der Waals surface area contributed by atoms with Gasteiger partial charge in [-0.3, -0.25) is 4.79 Å². The molecule has 8 heteroatoms. The highest BCUT2D eigenvalue weighted by atomic mass is 35.5. The lowest BCUT2D eigenvalue weighted by Gasteiger charge is -2.29. The Kier molecular flexibility index (Phi) is 5.75. The van der Waals surface area contributed by atoms with Crippen LogP contribution in [0.15, 0.2) is 53.7 Å². The average molecular weight is 402 g/mol. The molecular weight excluding hydrogens is 382 g/mol. The van der Waals surface area contributed by atoms with Crippen LogP contribution in [0.4, 0.5) is 10.5 Å². The van der Waals surface area contributed by atoms with Gasteiger partial charge in [-0.05, 0) is 43.3 Å². The number of rotatable bonds is 5. The van der Waals surface area contributed by atoms with E-state index in [4.69, 9.17) is 21.1 Å². The van der Waals surface area contributed by atoms with Gasteiger partial charge < -0.3 is 25.4 Å². The van der Waals surface area contributed by atoms with Gasteiger partial charge in [0.2, 0.25) is 0 Å². The highest BCUT2D eigenvalue weighted by molar-refractivity contribution is 6.30. The standard InChI is InChI=1S/C20H20ClN3O4/c1-11-17(19(25)23-13-6-4-12(21)5-7-13)18(24-20(26)22-11)15-9-8-14(27-2)10-16(15)28-3/h4-10,18H,1-3H3,(H,23,25)(H2,22,24,26)/t18-/m1/s1. The monoisotopic (exact) mass is 401 g/mol. The van der Waals surface area contributed by atoms with Crippen molar-refractivity contribution in [2.75, 3.05) is 19.5 Å². The molecule has 1 heterocycles. The van der Waals surface area contributed by atoms with Crippen molar-refractivity contribution in [3.05, 3.63) is 64.3 Å². The van der Waals surface area contributed by atoms with Crippen LogP contribution in [0.3, 0.4) is 0 Å². The van der Waals surface area contributed by atoms with Crippen LogP contribution in [-0.2, 0) is 4.79 Å². The largest absolute Gasteiger partial charge is 0.497 e. The summed E-state index contributed by atoms with van der Waals surface area (Å²) < 4.78 is 10.7. The fourth-order valence-electron chi connectivity index (χ4n) is 3.02. The molecule has 0 saturated heterocycles. The van der Waals surface area contributed by atoms with Gasteiger partial charge in [-0.2, -0.15) is 0 Å². The second kappa shape index (κ2) is 8.22. The van der Waals surface area contributed by atoms with E-state index in [1.807, 2.05) is 0 Å². The maximum absolute atomic E-state index is 13.0. The fraction of sp³-hybridized carbons (Fsp3) is 0.200. The van der Waals surface area contributed by atoms with Crippen LogP contribution in [0.5, 0.6) is 11.5 Å². The Balaban J connectivity index is 1.99. The molecule has 2 aromatic rings.